The molecule has 0 saturated heterocycles. The van der Waals surface area contributed by atoms with Crippen molar-refractivity contribution in [2.24, 2.45) is 0 Å². The fourth-order valence-corrected chi connectivity index (χ4v) is 5.31. The van der Waals surface area contributed by atoms with Gasteiger partial charge >= 0.3 is 0 Å². The molecule has 7 nitrogen and oxygen atoms in total. The summed E-state index contributed by atoms with van der Waals surface area (Å²) in [6.07, 6.45) is 4.51. The molecule has 0 bridgehead atoms. The van der Waals surface area contributed by atoms with E-state index in [1.54, 1.807) is 19.9 Å². The summed E-state index contributed by atoms with van der Waals surface area (Å²) in [6, 6.07) is 6.02. The Morgan fingerprint density at radius 1 is 1.12 bits per heavy atom. The van der Waals surface area contributed by atoms with Crippen LogP contribution in [0.4, 0.5) is 5.69 Å². The van der Waals surface area contributed by atoms with Crippen molar-refractivity contribution in [3.05, 3.63) is 61.5 Å². The van der Waals surface area contributed by atoms with Gasteiger partial charge in [-0.25, -0.2) is 0 Å². The third-order valence-electron chi connectivity index (χ3n) is 7.23. The van der Waals surface area contributed by atoms with Gasteiger partial charge in [0.2, 0.25) is 0 Å². The van der Waals surface area contributed by atoms with E-state index >= 15 is 0 Å². The van der Waals surface area contributed by atoms with Gasteiger partial charge in [-0.3, -0.25) is 9.59 Å². The van der Waals surface area contributed by atoms with E-state index in [1.165, 1.54) is 6.07 Å². The minimum atomic E-state index is -0.294. The van der Waals surface area contributed by atoms with Gasteiger partial charge in [0, 0.05) is 53.1 Å². The van der Waals surface area contributed by atoms with Crippen LogP contribution >= 0.6 is 11.6 Å². The largest absolute Gasteiger partial charge is 0.428 e. The number of carbonyl (C=O) groups excluding carboxylic acids is 1. The van der Waals surface area contributed by atoms with Gasteiger partial charge in [0.25, 0.3) is 5.91 Å². The predicted molar refractivity (Wildman–Crippen MR) is 137 cm³/mol. The summed E-state index contributed by atoms with van der Waals surface area (Å²) in [5, 5.41) is 13.5. The molecule has 1 aromatic heterocycles. The van der Waals surface area contributed by atoms with Crippen molar-refractivity contribution in [3.63, 3.8) is 0 Å². The number of aromatic nitrogens is 1. The smallest absolute Gasteiger partial charge is 0.251 e. The van der Waals surface area contributed by atoms with Gasteiger partial charge in [0.05, 0.1) is 11.4 Å². The number of aryl methyl sites for hydroxylation is 1. The Labute approximate surface area is 207 Å². The number of halogens is 1. The van der Waals surface area contributed by atoms with Crippen molar-refractivity contribution < 1.29 is 10.0 Å². The lowest BCUT2D eigenvalue weighted by molar-refractivity contribution is 0.0949. The van der Waals surface area contributed by atoms with E-state index in [4.69, 9.17) is 11.6 Å². The average Bonchev–Trinajstić information content (AvgIpc) is 2.80. The Balaban J connectivity index is 1.83. The summed E-state index contributed by atoms with van der Waals surface area (Å²) < 4.78 is 0.968. The standard InChI is InChI=1S/C26H37ClN4O3/c1-7-30(21-10-8-20(9-11-21)29(5)6)24-14-19(27)13-22(17(24)3)26(33)28-15-23-18(4)31(34)16(2)12-25(23)32/h12-14,20-21,34H,7-11,15H2,1-6H3,(H,28,33). The maximum absolute atomic E-state index is 13.2. The van der Waals surface area contributed by atoms with Crippen LogP contribution in [0, 0.1) is 20.8 Å². The zero-order chi connectivity index (χ0) is 25.2. The van der Waals surface area contributed by atoms with Gasteiger partial charge in [-0.15, -0.1) is 0 Å². The van der Waals surface area contributed by atoms with Gasteiger partial charge in [-0.1, -0.05) is 11.6 Å². The second kappa shape index (κ2) is 10.8. The zero-order valence-corrected chi connectivity index (χ0v) is 21.9. The van der Waals surface area contributed by atoms with E-state index in [2.05, 4.69) is 36.1 Å². The number of carbonyl (C=O) groups is 1. The number of hydrogen-bond donors (Lipinski definition) is 2. The highest BCUT2D eigenvalue weighted by atomic mass is 35.5. The Bertz CT molecular complexity index is 1100. The molecule has 1 aliphatic rings. The minimum Gasteiger partial charge on any atom is -0.428 e. The number of hydrogen-bond acceptors (Lipinski definition) is 5. The molecule has 8 heteroatoms. The fourth-order valence-electron chi connectivity index (χ4n) is 5.10. The first kappa shape index (κ1) is 26.1. The highest BCUT2D eigenvalue weighted by Crippen LogP contribution is 2.34. The lowest BCUT2D eigenvalue weighted by Gasteiger charge is -2.40. The Kier molecular flexibility index (Phi) is 8.31. The molecule has 1 fully saturated rings. The third kappa shape index (κ3) is 5.41. The zero-order valence-electron chi connectivity index (χ0n) is 21.1. The van der Waals surface area contributed by atoms with Crippen molar-refractivity contribution in [2.45, 2.75) is 72.0 Å². The number of nitrogens with one attached hydrogen (secondary N) is 1. The van der Waals surface area contributed by atoms with Crippen molar-refractivity contribution >= 4 is 23.2 Å². The monoisotopic (exact) mass is 488 g/mol. The Hall–Kier alpha value is -2.51. The Morgan fingerprint density at radius 3 is 2.32 bits per heavy atom. The van der Waals surface area contributed by atoms with Crippen LogP contribution in [0.1, 0.15) is 65.5 Å². The number of anilines is 1. The predicted octanol–water partition coefficient (Wildman–Crippen LogP) is 4.29. The minimum absolute atomic E-state index is 0.0255. The molecule has 1 amide bonds. The lowest BCUT2D eigenvalue weighted by atomic mass is 9.89. The molecular weight excluding hydrogens is 452 g/mol. The maximum atomic E-state index is 13.2. The van der Waals surface area contributed by atoms with E-state index in [0.29, 0.717) is 39.6 Å². The number of rotatable bonds is 7. The third-order valence-corrected chi connectivity index (χ3v) is 7.45. The van der Waals surface area contributed by atoms with E-state index in [9.17, 15) is 14.8 Å². The summed E-state index contributed by atoms with van der Waals surface area (Å²) in [6.45, 7) is 8.25. The van der Waals surface area contributed by atoms with Crippen LogP contribution in [-0.4, -0.2) is 53.5 Å². The summed E-state index contributed by atoms with van der Waals surface area (Å²) in [7, 11) is 4.28. The van der Waals surface area contributed by atoms with E-state index in [-0.39, 0.29) is 17.9 Å². The average molecular weight is 489 g/mol. The summed E-state index contributed by atoms with van der Waals surface area (Å²) in [5.41, 5.74) is 3.36. The molecule has 3 rings (SSSR count). The molecular formula is C26H37ClN4O3. The SMILES string of the molecule is CCN(c1cc(Cl)cc(C(=O)NCc2c(C)n(O)c(C)cc2=O)c1C)C1CCC(N(C)C)CC1. The second-order valence-corrected chi connectivity index (χ2v) is 9.95. The topological polar surface area (TPSA) is 77.8 Å². The van der Waals surface area contributed by atoms with Gasteiger partial charge in [0.15, 0.2) is 5.43 Å². The fraction of sp³-hybridized carbons (Fsp3) is 0.538. The lowest BCUT2D eigenvalue weighted by Crippen LogP contribution is -2.42. The van der Waals surface area contributed by atoms with Crippen LogP contribution in [0.15, 0.2) is 23.0 Å². The highest BCUT2D eigenvalue weighted by molar-refractivity contribution is 6.31. The first-order valence-corrected chi connectivity index (χ1v) is 12.4. The molecule has 0 unspecified atom stereocenters. The highest BCUT2D eigenvalue weighted by Gasteiger charge is 2.28. The maximum Gasteiger partial charge on any atom is 0.251 e. The molecule has 2 N–H and O–H groups in total. The number of nitrogens with zero attached hydrogens (tertiary/aromatic N) is 3. The Morgan fingerprint density at radius 2 is 1.74 bits per heavy atom. The van der Waals surface area contributed by atoms with E-state index < -0.39 is 0 Å². The number of amides is 1. The quantitative estimate of drug-likeness (QED) is 0.568. The van der Waals surface area contributed by atoms with E-state index in [0.717, 1.165) is 48.2 Å². The summed E-state index contributed by atoms with van der Waals surface area (Å²) in [4.78, 5) is 30.2. The molecule has 1 aromatic carbocycles. The second-order valence-electron chi connectivity index (χ2n) is 9.52. The van der Waals surface area contributed by atoms with Crippen molar-refractivity contribution in [2.75, 3.05) is 25.5 Å². The molecule has 1 aliphatic carbocycles. The number of benzene rings is 1. The van der Waals surface area contributed by atoms with E-state index in [1.807, 2.05) is 13.0 Å². The van der Waals surface area contributed by atoms with Crippen LogP contribution in [0.3, 0.4) is 0 Å². The first-order valence-electron chi connectivity index (χ1n) is 12.0. The molecule has 0 aliphatic heterocycles. The van der Waals surface area contributed by atoms with Gasteiger partial charge in [-0.2, -0.15) is 4.73 Å². The summed E-state index contributed by atoms with van der Waals surface area (Å²) >= 11 is 6.48. The van der Waals surface area contributed by atoms with Crippen molar-refractivity contribution in [1.29, 1.82) is 0 Å². The van der Waals surface area contributed by atoms with Crippen LogP contribution < -0.4 is 15.6 Å². The molecule has 0 radical (unpaired) electrons. The van der Waals surface area contributed by atoms with Crippen LogP contribution in [0.2, 0.25) is 5.02 Å². The molecule has 2 aromatic rings. The van der Waals surface area contributed by atoms with Crippen LogP contribution in [-0.2, 0) is 6.54 Å². The van der Waals surface area contributed by atoms with Gasteiger partial charge < -0.3 is 20.3 Å². The van der Waals surface area contributed by atoms with Crippen LogP contribution in [0.5, 0.6) is 0 Å². The van der Waals surface area contributed by atoms with Gasteiger partial charge in [-0.05, 0) is 85.2 Å². The molecule has 186 valence electrons. The normalized spacial score (nSPS) is 18.2. The first-order chi connectivity index (χ1) is 16.0. The molecule has 0 atom stereocenters. The molecule has 1 heterocycles. The van der Waals surface area contributed by atoms with Crippen LogP contribution in [0.25, 0.3) is 0 Å². The van der Waals surface area contributed by atoms with Crippen molar-refractivity contribution in [1.82, 2.24) is 14.9 Å². The summed E-state index contributed by atoms with van der Waals surface area (Å²) in [5.74, 6) is -0.294. The molecule has 0 spiro atoms. The molecule has 1 saturated carbocycles. The van der Waals surface area contributed by atoms with Crippen molar-refractivity contribution in [3.8, 4) is 0 Å². The molecule has 34 heavy (non-hydrogen) atoms. The number of pyridine rings is 1. The van der Waals surface area contributed by atoms with Gasteiger partial charge in [0.1, 0.15) is 0 Å².